The summed E-state index contributed by atoms with van der Waals surface area (Å²) >= 11 is 0. The topological polar surface area (TPSA) is 54.2 Å². The van der Waals surface area contributed by atoms with E-state index in [1.807, 2.05) is 12.5 Å². The van der Waals surface area contributed by atoms with E-state index in [1.54, 1.807) is 6.20 Å². The monoisotopic (exact) mass is 361 g/mol. The number of guanidine groups is 1. The molecule has 27 heavy (non-hydrogen) atoms. The average Bonchev–Trinajstić information content (AvgIpc) is 3.18. The number of aryl methyl sites for hydroxylation is 1. The van der Waals surface area contributed by atoms with E-state index in [4.69, 9.17) is 4.99 Å². The van der Waals surface area contributed by atoms with Crippen molar-refractivity contribution in [2.24, 2.45) is 4.99 Å². The lowest BCUT2D eigenvalue weighted by Gasteiger charge is -2.12. The van der Waals surface area contributed by atoms with Crippen molar-refractivity contribution in [1.82, 2.24) is 20.2 Å². The van der Waals surface area contributed by atoms with Crippen LogP contribution >= 0.6 is 0 Å². The molecule has 0 fully saturated rings. The summed E-state index contributed by atoms with van der Waals surface area (Å²) in [6.45, 7) is 7.23. The summed E-state index contributed by atoms with van der Waals surface area (Å²) < 4.78 is 2.07. The number of benzene rings is 2. The van der Waals surface area contributed by atoms with Crippen molar-refractivity contribution < 1.29 is 0 Å². The lowest BCUT2D eigenvalue weighted by Crippen LogP contribution is -2.36. The Kier molecular flexibility index (Phi) is 6.63. The van der Waals surface area contributed by atoms with E-state index >= 15 is 0 Å². The number of nitrogens with zero attached hydrogens (tertiary/aromatic N) is 3. The SMILES string of the molecule is CCNC(=NCc1cccc(Cn2ccnc2)c1)NCc1ccc(C)cc1. The Morgan fingerprint density at radius 2 is 1.85 bits per heavy atom. The fourth-order valence-corrected chi connectivity index (χ4v) is 2.82. The maximum absolute atomic E-state index is 4.73. The summed E-state index contributed by atoms with van der Waals surface area (Å²) in [6.07, 6.45) is 5.61. The van der Waals surface area contributed by atoms with E-state index in [9.17, 15) is 0 Å². The molecule has 0 radical (unpaired) electrons. The molecule has 3 aromatic rings. The van der Waals surface area contributed by atoms with Crippen LogP contribution in [0.4, 0.5) is 0 Å². The van der Waals surface area contributed by atoms with E-state index in [2.05, 4.69) is 82.6 Å². The van der Waals surface area contributed by atoms with Crippen LogP contribution in [0, 0.1) is 6.92 Å². The van der Waals surface area contributed by atoms with Crippen molar-refractivity contribution in [2.75, 3.05) is 6.54 Å². The lowest BCUT2D eigenvalue weighted by atomic mass is 10.1. The van der Waals surface area contributed by atoms with E-state index in [-0.39, 0.29) is 0 Å². The molecular formula is C22H27N5. The Labute approximate surface area is 161 Å². The molecule has 0 aliphatic rings. The van der Waals surface area contributed by atoms with Crippen LogP contribution < -0.4 is 10.6 Å². The Morgan fingerprint density at radius 3 is 2.59 bits per heavy atom. The molecule has 0 amide bonds. The Bertz CT molecular complexity index is 851. The minimum atomic E-state index is 0.640. The van der Waals surface area contributed by atoms with Gasteiger partial charge in [0.25, 0.3) is 0 Å². The predicted molar refractivity (Wildman–Crippen MR) is 111 cm³/mol. The molecule has 3 rings (SSSR count). The highest BCUT2D eigenvalue weighted by molar-refractivity contribution is 5.79. The molecule has 0 unspecified atom stereocenters. The first kappa shape index (κ1) is 18.7. The van der Waals surface area contributed by atoms with E-state index in [0.29, 0.717) is 6.54 Å². The summed E-state index contributed by atoms with van der Waals surface area (Å²) in [7, 11) is 0. The van der Waals surface area contributed by atoms with E-state index in [1.165, 1.54) is 22.3 Å². The number of nitrogens with one attached hydrogen (secondary N) is 2. The van der Waals surface area contributed by atoms with Crippen LogP contribution in [0.15, 0.2) is 72.2 Å². The number of imidazole rings is 1. The standard InChI is InChI=1S/C22H27N5/c1-3-24-22(25-14-19-9-7-18(2)8-10-19)26-15-20-5-4-6-21(13-20)16-27-12-11-23-17-27/h4-13,17H,3,14-16H2,1-2H3,(H2,24,25,26). The fourth-order valence-electron chi connectivity index (χ4n) is 2.82. The highest BCUT2D eigenvalue weighted by Gasteiger charge is 2.01. The van der Waals surface area contributed by atoms with Crippen LogP contribution in [0.5, 0.6) is 0 Å². The summed E-state index contributed by atoms with van der Waals surface area (Å²) in [6, 6.07) is 17.1. The molecule has 0 bridgehead atoms. The average molecular weight is 361 g/mol. The quantitative estimate of drug-likeness (QED) is 0.500. The van der Waals surface area contributed by atoms with Gasteiger partial charge in [-0.1, -0.05) is 54.1 Å². The zero-order valence-electron chi connectivity index (χ0n) is 16.0. The van der Waals surface area contributed by atoms with Crippen molar-refractivity contribution in [3.8, 4) is 0 Å². The summed E-state index contributed by atoms with van der Waals surface area (Å²) in [4.78, 5) is 8.83. The van der Waals surface area contributed by atoms with E-state index in [0.717, 1.165) is 25.6 Å². The van der Waals surface area contributed by atoms with Gasteiger partial charge in [0.15, 0.2) is 5.96 Å². The third kappa shape index (κ3) is 5.99. The zero-order chi connectivity index (χ0) is 18.9. The van der Waals surface area contributed by atoms with Crippen LogP contribution in [-0.2, 0) is 19.6 Å². The molecule has 5 nitrogen and oxygen atoms in total. The second kappa shape index (κ2) is 9.57. The van der Waals surface area contributed by atoms with Crippen LogP contribution in [0.1, 0.15) is 29.2 Å². The molecule has 2 aromatic carbocycles. The van der Waals surface area contributed by atoms with Crippen molar-refractivity contribution in [2.45, 2.75) is 33.5 Å². The predicted octanol–water partition coefficient (Wildman–Crippen LogP) is 3.50. The molecule has 0 atom stereocenters. The van der Waals surface area contributed by atoms with Gasteiger partial charge >= 0.3 is 0 Å². The first-order valence-corrected chi connectivity index (χ1v) is 9.34. The molecule has 0 saturated carbocycles. The number of aromatic nitrogens is 2. The third-order valence-electron chi connectivity index (χ3n) is 4.26. The van der Waals surface area contributed by atoms with Gasteiger partial charge < -0.3 is 15.2 Å². The van der Waals surface area contributed by atoms with Gasteiger partial charge in [0.1, 0.15) is 0 Å². The van der Waals surface area contributed by atoms with Crippen molar-refractivity contribution in [3.63, 3.8) is 0 Å². The van der Waals surface area contributed by atoms with Crippen LogP contribution in [-0.4, -0.2) is 22.1 Å². The Morgan fingerprint density at radius 1 is 1.04 bits per heavy atom. The van der Waals surface area contributed by atoms with Crippen LogP contribution in [0.3, 0.4) is 0 Å². The van der Waals surface area contributed by atoms with E-state index < -0.39 is 0 Å². The molecule has 1 heterocycles. The summed E-state index contributed by atoms with van der Waals surface area (Å²) in [5.74, 6) is 0.832. The Balaban J connectivity index is 1.61. The number of hydrogen-bond donors (Lipinski definition) is 2. The normalized spacial score (nSPS) is 11.4. The molecule has 1 aromatic heterocycles. The van der Waals surface area contributed by atoms with Gasteiger partial charge in [-0.3, -0.25) is 0 Å². The maximum atomic E-state index is 4.73. The van der Waals surface area contributed by atoms with Gasteiger partial charge in [-0.15, -0.1) is 0 Å². The molecule has 140 valence electrons. The van der Waals surface area contributed by atoms with Gasteiger partial charge in [-0.05, 0) is 30.5 Å². The van der Waals surface area contributed by atoms with Crippen molar-refractivity contribution >= 4 is 5.96 Å². The second-order valence-corrected chi connectivity index (χ2v) is 6.59. The van der Waals surface area contributed by atoms with Gasteiger partial charge in [-0.2, -0.15) is 0 Å². The van der Waals surface area contributed by atoms with Gasteiger partial charge in [0, 0.05) is 32.0 Å². The molecule has 0 spiro atoms. The molecular weight excluding hydrogens is 334 g/mol. The number of rotatable bonds is 7. The Hall–Kier alpha value is -3.08. The molecule has 0 aliphatic heterocycles. The third-order valence-corrected chi connectivity index (χ3v) is 4.26. The fraction of sp³-hybridized carbons (Fsp3) is 0.273. The summed E-state index contributed by atoms with van der Waals surface area (Å²) in [5.41, 5.74) is 4.96. The lowest BCUT2D eigenvalue weighted by molar-refractivity contribution is 0.793. The van der Waals surface area contributed by atoms with Gasteiger partial charge in [-0.25, -0.2) is 9.98 Å². The smallest absolute Gasteiger partial charge is 0.191 e. The zero-order valence-corrected chi connectivity index (χ0v) is 16.0. The second-order valence-electron chi connectivity index (χ2n) is 6.59. The molecule has 0 aliphatic carbocycles. The molecule has 2 N–H and O–H groups in total. The minimum absolute atomic E-state index is 0.640. The van der Waals surface area contributed by atoms with Crippen molar-refractivity contribution in [3.05, 3.63) is 89.5 Å². The summed E-state index contributed by atoms with van der Waals surface area (Å²) in [5, 5.41) is 6.72. The molecule has 5 heteroatoms. The van der Waals surface area contributed by atoms with Crippen LogP contribution in [0.2, 0.25) is 0 Å². The van der Waals surface area contributed by atoms with Crippen molar-refractivity contribution in [1.29, 1.82) is 0 Å². The van der Waals surface area contributed by atoms with Crippen LogP contribution in [0.25, 0.3) is 0 Å². The minimum Gasteiger partial charge on any atom is -0.357 e. The first-order chi connectivity index (χ1) is 13.2. The number of hydrogen-bond acceptors (Lipinski definition) is 2. The molecule has 0 saturated heterocycles. The largest absolute Gasteiger partial charge is 0.357 e. The van der Waals surface area contributed by atoms with Gasteiger partial charge in [0.2, 0.25) is 0 Å². The highest BCUT2D eigenvalue weighted by Crippen LogP contribution is 2.09. The maximum Gasteiger partial charge on any atom is 0.191 e. The number of aliphatic imine (C=N–C) groups is 1. The highest BCUT2D eigenvalue weighted by atomic mass is 15.2. The van der Waals surface area contributed by atoms with Gasteiger partial charge in [0.05, 0.1) is 12.9 Å². The first-order valence-electron chi connectivity index (χ1n) is 9.34.